The predicted octanol–water partition coefficient (Wildman–Crippen LogP) is 25.9. The van der Waals surface area contributed by atoms with Gasteiger partial charge in [-0.1, -0.05) is 365 Å². The Balaban J connectivity index is 4.11. The van der Waals surface area contributed by atoms with E-state index in [0.29, 0.717) is 19.3 Å². The van der Waals surface area contributed by atoms with Crippen LogP contribution in [0.3, 0.4) is 0 Å². The maximum absolute atomic E-state index is 12.9. The summed E-state index contributed by atoms with van der Waals surface area (Å²) in [5.74, 6) is -0.855. The molecule has 0 saturated carbocycles. The fourth-order valence-corrected chi connectivity index (χ4v) is 11.5. The van der Waals surface area contributed by atoms with Crippen LogP contribution in [0.25, 0.3) is 0 Å². The summed E-state index contributed by atoms with van der Waals surface area (Å²) < 4.78 is 17.0. The molecule has 83 heavy (non-hydrogen) atoms. The number of hydrogen-bond donors (Lipinski definition) is 0. The fraction of sp³-hybridized carbons (Fsp3) is 0.883. The molecule has 488 valence electrons. The second kappa shape index (κ2) is 72.1. The van der Waals surface area contributed by atoms with E-state index in [4.69, 9.17) is 14.2 Å². The first kappa shape index (κ1) is 80.6. The van der Waals surface area contributed by atoms with E-state index in [1.165, 1.54) is 308 Å². The van der Waals surface area contributed by atoms with Crippen molar-refractivity contribution >= 4 is 17.9 Å². The molecule has 6 nitrogen and oxygen atoms in total. The largest absolute Gasteiger partial charge is 0.462 e. The van der Waals surface area contributed by atoms with E-state index in [-0.39, 0.29) is 31.1 Å². The average molecular weight is 1170 g/mol. The van der Waals surface area contributed by atoms with Crippen LogP contribution in [0.2, 0.25) is 0 Å². The molecule has 0 aliphatic carbocycles. The van der Waals surface area contributed by atoms with Gasteiger partial charge in [0.1, 0.15) is 13.2 Å². The first-order valence-electron chi connectivity index (χ1n) is 37.5. The number of hydrogen-bond acceptors (Lipinski definition) is 6. The van der Waals surface area contributed by atoms with E-state index < -0.39 is 6.10 Å². The van der Waals surface area contributed by atoms with Gasteiger partial charge in [0.2, 0.25) is 0 Å². The van der Waals surface area contributed by atoms with Gasteiger partial charge in [0, 0.05) is 19.3 Å². The van der Waals surface area contributed by atoms with Gasteiger partial charge in [0.05, 0.1) is 0 Å². The molecule has 0 amide bonds. The molecule has 0 saturated heterocycles. The Kier molecular flexibility index (Phi) is 70.0. The van der Waals surface area contributed by atoms with Crippen LogP contribution in [0, 0.1) is 0 Å². The lowest BCUT2D eigenvalue weighted by molar-refractivity contribution is -0.167. The topological polar surface area (TPSA) is 78.9 Å². The Bertz CT molecular complexity index is 1380. The molecule has 0 rings (SSSR count). The maximum atomic E-state index is 12.9. The molecule has 6 heteroatoms. The minimum atomic E-state index is -0.775. The molecule has 0 aromatic heterocycles. The molecule has 0 heterocycles. The summed E-state index contributed by atoms with van der Waals surface area (Å²) in [6, 6.07) is 0. The molecule has 0 aromatic rings. The average Bonchev–Trinajstić information content (AvgIpc) is 3.48. The summed E-state index contributed by atoms with van der Waals surface area (Å²) >= 11 is 0. The highest BCUT2D eigenvalue weighted by Crippen LogP contribution is 2.19. The number of unbranched alkanes of at least 4 members (excludes halogenated alkanes) is 53. The Labute approximate surface area is 518 Å². The van der Waals surface area contributed by atoms with Crippen LogP contribution in [0.1, 0.15) is 419 Å². The minimum Gasteiger partial charge on any atom is -0.462 e. The van der Waals surface area contributed by atoms with Gasteiger partial charge in [-0.3, -0.25) is 14.4 Å². The van der Waals surface area contributed by atoms with E-state index in [2.05, 4.69) is 57.2 Å². The van der Waals surface area contributed by atoms with Gasteiger partial charge < -0.3 is 14.2 Å². The summed E-state index contributed by atoms with van der Waals surface area (Å²) in [6.45, 7) is 6.66. The summed E-state index contributed by atoms with van der Waals surface area (Å²) in [7, 11) is 0. The molecule has 0 aliphatic heterocycles. The molecule has 0 spiro atoms. The SMILES string of the molecule is CCCC/C=C\CCCCCCCC(=O)OCC(COC(=O)CCCCCCCCCCCCCCCCCCCCCCCCCCCCCCCCC)OC(=O)CCCCCCCCCCCCC/C=C\C/C=C\CCCCCCC. The normalized spacial score (nSPS) is 12.2. The summed E-state index contributed by atoms with van der Waals surface area (Å²) in [5.41, 5.74) is 0. The zero-order chi connectivity index (χ0) is 59.9. The van der Waals surface area contributed by atoms with Crippen molar-refractivity contribution < 1.29 is 28.6 Å². The summed E-state index contributed by atoms with van der Waals surface area (Å²) in [4.78, 5) is 38.4. The molecule has 1 atom stereocenters. The second-order valence-corrected chi connectivity index (χ2v) is 25.6. The van der Waals surface area contributed by atoms with E-state index >= 15 is 0 Å². The van der Waals surface area contributed by atoms with Crippen LogP contribution in [-0.2, 0) is 28.6 Å². The molecular weight excluding hydrogens is 1020 g/mol. The number of carbonyl (C=O) groups excluding carboxylic acids is 3. The fourth-order valence-electron chi connectivity index (χ4n) is 11.5. The molecule has 0 fully saturated rings. The molecule has 0 aromatic carbocycles. The van der Waals surface area contributed by atoms with Gasteiger partial charge in [-0.05, 0) is 70.6 Å². The summed E-state index contributed by atoms with van der Waals surface area (Å²) in [6.07, 6.45) is 90.7. The van der Waals surface area contributed by atoms with E-state index in [0.717, 1.165) is 70.6 Å². The smallest absolute Gasteiger partial charge is 0.306 e. The van der Waals surface area contributed by atoms with Crippen molar-refractivity contribution in [1.82, 2.24) is 0 Å². The van der Waals surface area contributed by atoms with Crippen LogP contribution in [-0.4, -0.2) is 37.2 Å². The Morgan fingerprint density at radius 1 is 0.241 bits per heavy atom. The maximum Gasteiger partial charge on any atom is 0.306 e. The number of esters is 3. The van der Waals surface area contributed by atoms with Gasteiger partial charge in [0.15, 0.2) is 6.10 Å². The van der Waals surface area contributed by atoms with Crippen molar-refractivity contribution in [2.45, 2.75) is 425 Å². The number of ether oxygens (including phenoxy) is 3. The van der Waals surface area contributed by atoms with E-state index in [9.17, 15) is 14.4 Å². The predicted molar refractivity (Wildman–Crippen MR) is 362 cm³/mol. The standard InChI is InChI=1S/C77H144O6/c1-4-7-10-13-16-19-22-24-26-28-30-32-34-35-36-37-38-39-40-41-43-44-46-48-50-52-55-58-61-64-67-70-76(79)82-73-74(72-81-75(78)69-66-63-60-57-54-21-18-15-12-9-6-3)83-77(80)71-68-65-62-59-56-53-51-49-47-45-42-33-31-29-27-25-23-20-17-14-11-8-5-2/h15,18,23,25,29,31,74H,4-14,16-17,19-22,24,26-28,30,32-73H2,1-3H3/b18-15-,25-23-,31-29-. The minimum absolute atomic E-state index is 0.0708. The van der Waals surface area contributed by atoms with Gasteiger partial charge in [-0.15, -0.1) is 0 Å². The van der Waals surface area contributed by atoms with Crippen molar-refractivity contribution in [2.24, 2.45) is 0 Å². The molecular formula is C77H144O6. The highest BCUT2D eigenvalue weighted by Gasteiger charge is 2.20. The van der Waals surface area contributed by atoms with Crippen LogP contribution in [0.4, 0.5) is 0 Å². The summed E-state index contributed by atoms with van der Waals surface area (Å²) in [5, 5.41) is 0. The first-order valence-corrected chi connectivity index (χ1v) is 37.5. The monoisotopic (exact) mass is 1170 g/mol. The van der Waals surface area contributed by atoms with E-state index in [1.54, 1.807) is 0 Å². The molecule has 1 unspecified atom stereocenters. The van der Waals surface area contributed by atoms with Gasteiger partial charge in [-0.25, -0.2) is 0 Å². The van der Waals surface area contributed by atoms with Gasteiger partial charge in [-0.2, -0.15) is 0 Å². The van der Waals surface area contributed by atoms with Crippen LogP contribution in [0.15, 0.2) is 36.5 Å². The van der Waals surface area contributed by atoms with Crippen molar-refractivity contribution in [3.8, 4) is 0 Å². The molecule has 0 aliphatic rings. The third-order valence-corrected chi connectivity index (χ3v) is 17.1. The lowest BCUT2D eigenvalue weighted by Crippen LogP contribution is -2.30. The van der Waals surface area contributed by atoms with Crippen LogP contribution < -0.4 is 0 Å². The number of carbonyl (C=O) groups is 3. The zero-order valence-electron chi connectivity index (χ0n) is 56.2. The molecule has 0 bridgehead atoms. The lowest BCUT2D eigenvalue weighted by Gasteiger charge is -2.18. The second-order valence-electron chi connectivity index (χ2n) is 25.6. The van der Waals surface area contributed by atoms with Crippen LogP contribution in [0.5, 0.6) is 0 Å². The van der Waals surface area contributed by atoms with Crippen LogP contribution >= 0.6 is 0 Å². The third kappa shape index (κ3) is 70.3. The molecule has 0 N–H and O–H groups in total. The quantitative estimate of drug-likeness (QED) is 0.0261. The number of allylic oxidation sites excluding steroid dienone is 6. The highest BCUT2D eigenvalue weighted by atomic mass is 16.6. The van der Waals surface area contributed by atoms with E-state index in [1.807, 2.05) is 0 Å². The third-order valence-electron chi connectivity index (χ3n) is 17.1. The van der Waals surface area contributed by atoms with Crippen molar-refractivity contribution in [3.63, 3.8) is 0 Å². The van der Waals surface area contributed by atoms with Crippen molar-refractivity contribution in [3.05, 3.63) is 36.5 Å². The van der Waals surface area contributed by atoms with Crippen molar-refractivity contribution in [2.75, 3.05) is 13.2 Å². The Morgan fingerprint density at radius 3 is 0.711 bits per heavy atom. The molecule has 0 radical (unpaired) electrons. The lowest BCUT2D eigenvalue weighted by atomic mass is 10.0. The Morgan fingerprint density at radius 2 is 0.446 bits per heavy atom. The van der Waals surface area contributed by atoms with Gasteiger partial charge >= 0.3 is 17.9 Å². The van der Waals surface area contributed by atoms with Gasteiger partial charge in [0.25, 0.3) is 0 Å². The highest BCUT2D eigenvalue weighted by molar-refractivity contribution is 5.71. The number of rotatable bonds is 70. The zero-order valence-corrected chi connectivity index (χ0v) is 56.2. The first-order chi connectivity index (χ1) is 41.0. The van der Waals surface area contributed by atoms with Crippen molar-refractivity contribution in [1.29, 1.82) is 0 Å². The Hall–Kier alpha value is -2.37.